The number of nitrogens with one attached hydrogen (secondary N) is 2. The van der Waals surface area contributed by atoms with E-state index in [1.54, 1.807) is 24.1 Å². The molecule has 0 aliphatic carbocycles. The fourth-order valence-electron chi connectivity index (χ4n) is 3.07. The molecule has 24 heavy (non-hydrogen) atoms. The topological polar surface area (TPSA) is 88.1 Å². The number of amides is 2. The lowest BCUT2D eigenvalue weighted by Crippen LogP contribution is -2.41. The van der Waals surface area contributed by atoms with Crippen LogP contribution in [0.3, 0.4) is 0 Å². The second-order valence-corrected chi connectivity index (χ2v) is 6.21. The van der Waals surface area contributed by atoms with Crippen molar-refractivity contribution in [3.05, 3.63) is 30.2 Å². The van der Waals surface area contributed by atoms with Crippen molar-refractivity contribution in [2.24, 2.45) is 0 Å². The standard InChI is InChI=1S/C16H24N6O2/c1-12(11-24-2)22-9-6-15(20-22)18-16(23)21-8-3-4-13(10-21)14-5-7-17-19-14/h5-7,9,12-13H,3-4,8,10-11H2,1-2H3,(H,17,19)(H,18,20,23)/t12-,13-/m0/s1. The summed E-state index contributed by atoms with van der Waals surface area (Å²) in [5.41, 5.74) is 1.09. The van der Waals surface area contributed by atoms with Crippen molar-refractivity contribution in [3.63, 3.8) is 0 Å². The van der Waals surface area contributed by atoms with Crippen molar-refractivity contribution in [3.8, 4) is 0 Å². The number of hydrogen-bond acceptors (Lipinski definition) is 4. The molecule has 8 heteroatoms. The third-order valence-electron chi connectivity index (χ3n) is 4.37. The summed E-state index contributed by atoms with van der Waals surface area (Å²) in [7, 11) is 1.66. The van der Waals surface area contributed by atoms with Gasteiger partial charge in [0.2, 0.25) is 0 Å². The van der Waals surface area contributed by atoms with E-state index in [4.69, 9.17) is 4.74 Å². The Kier molecular flexibility index (Phi) is 5.14. The number of hydrogen-bond donors (Lipinski definition) is 2. The van der Waals surface area contributed by atoms with E-state index in [9.17, 15) is 4.79 Å². The van der Waals surface area contributed by atoms with Gasteiger partial charge in [0.05, 0.1) is 12.6 Å². The molecular formula is C16H24N6O2. The molecule has 0 aromatic carbocycles. The van der Waals surface area contributed by atoms with Gasteiger partial charge in [0, 0.05) is 50.3 Å². The van der Waals surface area contributed by atoms with E-state index in [1.165, 1.54) is 0 Å². The lowest BCUT2D eigenvalue weighted by Gasteiger charge is -2.32. The number of likely N-dealkylation sites (tertiary alicyclic amines) is 1. The normalized spacial score (nSPS) is 19.2. The number of ether oxygens (including phenoxy) is 1. The number of rotatable bonds is 5. The van der Waals surface area contributed by atoms with E-state index in [2.05, 4.69) is 20.6 Å². The summed E-state index contributed by atoms with van der Waals surface area (Å²) in [6.07, 6.45) is 5.65. The molecule has 0 saturated carbocycles. The van der Waals surface area contributed by atoms with Gasteiger partial charge in [-0.05, 0) is 25.8 Å². The Morgan fingerprint density at radius 2 is 2.42 bits per heavy atom. The zero-order valence-electron chi connectivity index (χ0n) is 14.1. The summed E-state index contributed by atoms with van der Waals surface area (Å²) in [5, 5.41) is 14.3. The average molecular weight is 332 g/mol. The van der Waals surface area contributed by atoms with Crippen LogP contribution in [-0.2, 0) is 4.74 Å². The maximum atomic E-state index is 12.5. The van der Waals surface area contributed by atoms with Gasteiger partial charge in [0.25, 0.3) is 0 Å². The van der Waals surface area contributed by atoms with Gasteiger partial charge in [-0.2, -0.15) is 10.2 Å². The van der Waals surface area contributed by atoms with Crippen molar-refractivity contribution in [1.29, 1.82) is 0 Å². The number of aromatic nitrogens is 4. The molecule has 130 valence electrons. The zero-order valence-corrected chi connectivity index (χ0v) is 14.1. The molecule has 2 amide bonds. The van der Waals surface area contributed by atoms with Gasteiger partial charge < -0.3 is 9.64 Å². The third kappa shape index (κ3) is 3.76. The molecule has 3 heterocycles. The van der Waals surface area contributed by atoms with E-state index >= 15 is 0 Å². The summed E-state index contributed by atoms with van der Waals surface area (Å²) < 4.78 is 6.92. The number of carbonyl (C=O) groups is 1. The minimum atomic E-state index is -0.108. The van der Waals surface area contributed by atoms with Crippen LogP contribution in [0.25, 0.3) is 0 Å². The first kappa shape index (κ1) is 16.5. The first-order valence-corrected chi connectivity index (χ1v) is 8.26. The van der Waals surface area contributed by atoms with Gasteiger partial charge in [-0.1, -0.05) is 0 Å². The highest BCUT2D eigenvalue weighted by Gasteiger charge is 2.26. The number of carbonyl (C=O) groups excluding carboxylic acids is 1. The van der Waals surface area contributed by atoms with Crippen LogP contribution in [0.15, 0.2) is 24.5 Å². The lowest BCUT2D eigenvalue weighted by molar-refractivity contribution is 0.157. The summed E-state index contributed by atoms with van der Waals surface area (Å²) in [4.78, 5) is 14.3. The van der Waals surface area contributed by atoms with Crippen LogP contribution in [0.4, 0.5) is 10.6 Å². The molecule has 2 atom stereocenters. The van der Waals surface area contributed by atoms with Crippen molar-refractivity contribution in [2.45, 2.75) is 31.7 Å². The molecular weight excluding hydrogens is 308 g/mol. The highest BCUT2D eigenvalue weighted by Crippen LogP contribution is 2.25. The number of methoxy groups -OCH3 is 1. The van der Waals surface area contributed by atoms with Crippen molar-refractivity contribution >= 4 is 11.8 Å². The molecule has 2 aromatic heterocycles. The predicted molar refractivity (Wildman–Crippen MR) is 90.0 cm³/mol. The Hall–Kier alpha value is -2.35. The average Bonchev–Trinajstić information content (AvgIpc) is 3.27. The van der Waals surface area contributed by atoms with Gasteiger partial charge in [0.15, 0.2) is 5.82 Å². The quantitative estimate of drug-likeness (QED) is 0.879. The number of anilines is 1. The molecule has 0 spiro atoms. The molecule has 1 aliphatic heterocycles. The molecule has 0 unspecified atom stereocenters. The van der Waals surface area contributed by atoms with Crippen LogP contribution in [-0.4, -0.2) is 57.7 Å². The minimum Gasteiger partial charge on any atom is -0.382 e. The van der Waals surface area contributed by atoms with Gasteiger partial charge in [0.1, 0.15) is 0 Å². The third-order valence-corrected chi connectivity index (χ3v) is 4.37. The van der Waals surface area contributed by atoms with E-state index in [0.29, 0.717) is 24.9 Å². The Bertz CT molecular complexity index is 653. The molecule has 3 rings (SSSR count). The zero-order chi connectivity index (χ0) is 16.9. The first-order chi connectivity index (χ1) is 11.7. The molecule has 2 N–H and O–H groups in total. The number of piperidine rings is 1. The van der Waals surface area contributed by atoms with Gasteiger partial charge in [-0.25, -0.2) is 4.79 Å². The minimum absolute atomic E-state index is 0.108. The highest BCUT2D eigenvalue weighted by molar-refractivity contribution is 5.88. The SMILES string of the molecule is COC[C@H](C)n1ccc(NC(=O)N2CCC[C@H](c3ccn[nH]3)C2)n1. The Labute approximate surface area is 141 Å². The fraction of sp³-hybridized carbons (Fsp3) is 0.562. The Morgan fingerprint density at radius 1 is 1.54 bits per heavy atom. The van der Waals surface area contributed by atoms with Crippen LogP contribution in [0.2, 0.25) is 0 Å². The van der Waals surface area contributed by atoms with Crippen molar-refractivity contribution in [1.82, 2.24) is 24.9 Å². The molecule has 8 nitrogen and oxygen atoms in total. The number of H-pyrrole nitrogens is 1. The monoisotopic (exact) mass is 332 g/mol. The Morgan fingerprint density at radius 3 is 3.17 bits per heavy atom. The second kappa shape index (κ2) is 7.48. The lowest BCUT2D eigenvalue weighted by atomic mass is 9.95. The van der Waals surface area contributed by atoms with E-state index in [0.717, 1.165) is 25.1 Å². The van der Waals surface area contributed by atoms with Crippen LogP contribution in [0.1, 0.15) is 37.4 Å². The maximum absolute atomic E-state index is 12.5. The molecule has 1 fully saturated rings. The van der Waals surface area contributed by atoms with Crippen molar-refractivity contribution < 1.29 is 9.53 Å². The summed E-state index contributed by atoms with van der Waals surface area (Å²) >= 11 is 0. The predicted octanol–water partition coefficient (Wildman–Crippen LogP) is 2.23. The van der Waals surface area contributed by atoms with Crippen LogP contribution >= 0.6 is 0 Å². The largest absolute Gasteiger partial charge is 0.382 e. The molecule has 0 radical (unpaired) electrons. The molecule has 1 saturated heterocycles. The first-order valence-electron chi connectivity index (χ1n) is 8.26. The van der Waals surface area contributed by atoms with Crippen LogP contribution in [0.5, 0.6) is 0 Å². The maximum Gasteiger partial charge on any atom is 0.323 e. The smallest absolute Gasteiger partial charge is 0.323 e. The highest BCUT2D eigenvalue weighted by atomic mass is 16.5. The summed E-state index contributed by atoms with van der Waals surface area (Å²) in [6, 6.07) is 3.80. The molecule has 1 aliphatic rings. The summed E-state index contributed by atoms with van der Waals surface area (Å²) in [5.74, 6) is 0.873. The van der Waals surface area contributed by atoms with Gasteiger partial charge in [-0.15, -0.1) is 0 Å². The van der Waals surface area contributed by atoms with Gasteiger partial charge in [-0.3, -0.25) is 15.1 Å². The van der Waals surface area contributed by atoms with E-state index in [-0.39, 0.29) is 12.1 Å². The molecule has 0 bridgehead atoms. The second-order valence-electron chi connectivity index (χ2n) is 6.21. The van der Waals surface area contributed by atoms with Crippen LogP contribution < -0.4 is 5.32 Å². The molecule has 2 aromatic rings. The fourth-order valence-corrected chi connectivity index (χ4v) is 3.07. The van der Waals surface area contributed by atoms with Crippen LogP contribution in [0, 0.1) is 0 Å². The van der Waals surface area contributed by atoms with Crippen molar-refractivity contribution in [2.75, 3.05) is 32.1 Å². The summed E-state index contributed by atoms with van der Waals surface area (Å²) in [6.45, 7) is 4.04. The number of aromatic amines is 1. The van der Waals surface area contributed by atoms with Gasteiger partial charge >= 0.3 is 6.03 Å². The number of urea groups is 1. The van der Waals surface area contributed by atoms with E-state index < -0.39 is 0 Å². The van der Waals surface area contributed by atoms with E-state index in [1.807, 2.05) is 24.1 Å². The Balaban J connectivity index is 1.58. The number of nitrogens with zero attached hydrogens (tertiary/aromatic N) is 4.